The summed E-state index contributed by atoms with van der Waals surface area (Å²) in [6.07, 6.45) is 3.08. The minimum absolute atomic E-state index is 0.369. The van der Waals surface area contributed by atoms with Crippen molar-refractivity contribution >= 4 is 0 Å². The molecule has 1 unspecified atom stereocenters. The lowest BCUT2D eigenvalue weighted by Gasteiger charge is -2.16. The number of aryl methyl sites for hydroxylation is 1. The number of hydrogen-bond donors (Lipinski definition) is 1. The number of benzene rings is 2. The smallest absolute Gasteiger partial charge is 0.119 e. The van der Waals surface area contributed by atoms with Crippen molar-refractivity contribution < 1.29 is 4.74 Å². The molecule has 0 aliphatic rings. The molecular weight excluding hydrogens is 270 g/mol. The molecule has 2 aromatic carbocycles. The zero-order valence-corrected chi connectivity index (χ0v) is 13.7. The van der Waals surface area contributed by atoms with Gasteiger partial charge in [-0.1, -0.05) is 50.2 Å². The van der Waals surface area contributed by atoms with Gasteiger partial charge in [0.05, 0.1) is 6.61 Å². The third-order valence-electron chi connectivity index (χ3n) is 4.02. The van der Waals surface area contributed by atoms with Crippen LogP contribution < -0.4 is 10.5 Å². The SMILES string of the molecule is CCCOc1ccc(CC(CN)c2ccc(CC)cc2)cc1. The zero-order valence-electron chi connectivity index (χ0n) is 13.7. The van der Waals surface area contributed by atoms with Crippen molar-refractivity contribution in [3.63, 3.8) is 0 Å². The average molecular weight is 297 g/mol. The van der Waals surface area contributed by atoms with Gasteiger partial charge in [-0.05, 0) is 54.6 Å². The Kier molecular flexibility index (Phi) is 6.47. The minimum Gasteiger partial charge on any atom is -0.494 e. The number of ether oxygens (including phenoxy) is 1. The van der Waals surface area contributed by atoms with Crippen LogP contribution in [0.5, 0.6) is 5.75 Å². The van der Waals surface area contributed by atoms with Crippen LogP contribution in [0.3, 0.4) is 0 Å². The second kappa shape index (κ2) is 8.60. The van der Waals surface area contributed by atoms with E-state index in [-0.39, 0.29) is 0 Å². The van der Waals surface area contributed by atoms with E-state index in [1.54, 1.807) is 0 Å². The quantitative estimate of drug-likeness (QED) is 0.787. The van der Waals surface area contributed by atoms with E-state index in [4.69, 9.17) is 10.5 Å². The highest BCUT2D eigenvalue weighted by molar-refractivity contribution is 5.31. The van der Waals surface area contributed by atoms with E-state index in [0.29, 0.717) is 12.5 Å². The van der Waals surface area contributed by atoms with E-state index in [0.717, 1.165) is 31.6 Å². The summed E-state index contributed by atoms with van der Waals surface area (Å²) in [7, 11) is 0. The Morgan fingerprint density at radius 1 is 0.909 bits per heavy atom. The van der Waals surface area contributed by atoms with Gasteiger partial charge in [-0.2, -0.15) is 0 Å². The first-order valence-electron chi connectivity index (χ1n) is 8.27. The molecule has 22 heavy (non-hydrogen) atoms. The number of hydrogen-bond acceptors (Lipinski definition) is 2. The van der Waals surface area contributed by atoms with Crippen LogP contribution in [0.2, 0.25) is 0 Å². The fraction of sp³-hybridized carbons (Fsp3) is 0.400. The number of rotatable bonds is 8. The van der Waals surface area contributed by atoms with Crippen molar-refractivity contribution in [3.8, 4) is 5.75 Å². The molecule has 0 aliphatic heterocycles. The Balaban J connectivity index is 2.02. The summed E-state index contributed by atoms with van der Waals surface area (Å²) < 4.78 is 5.63. The first-order valence-corrected chi connectivity index (χ1v) is 8.27. The van der Waals surface area contributed by atoms with E-state index in [9.17, 15) is 0 Å². The molecule has 2 aromatic rings. The van der Waals surface area contributed by atoms with Gasteiger partial charge in [-0.25, -0.2) is 0 Å². The molecule has 0 fully saturated rings. The van der Waals surface area contributed by atoms with E-state index < -0.39 is 0 Å². The summed E-state index contributed by atoms with van der Waals surface area (Å²) in [6, 6.07) is 17.3. The standard InChI is InChI=1S/C20H27NO/c1-3-13-22-20-11-7-17(8-12-20)14-19(15-21)18-9-5-16(4-2)6-10-18/h5-12,19H,3-4,13-15,21H2,1-2H3. The fourth-order valence-corrected chi connectivity index (χ4v) is 2.59. The van der Waals surface area contributed by atoms with Crippen LogP contribution in [0.1, 0.15) is 42.9 Å². The molecule has 2 N–H and O–H groups in total. The molecule has 0 amide bonds. The maximum Gasteiger partial charge on any atom is 0.119 e. The van der Waals surface area contributed by atoms with Gasteiger partial charge in [0.15, 0.2) is 0 Å². The lowest BCUT2D eigenvalue weighted by atomic mass is 9.91. The van der Waals surface area contributed by atoms with Gasteiger partial charge in [0.25, 0.3) is 0 Å². The van der Waals surface area contributed by atoms with Crippen LogP contribution in [0, 0.1) is 0 Å². The highest BCUT2D eigenvalue weighted by atomic mass is 16.5. The molecule has 118 valence electrons. The second-order valence-corrected chi connectivity index (χ2v) is 5.72. The third-order valence-corrected chi connectivity index (χ3v) is 4.02. The highest BCUT2D eigenvalue weighted by Gasteiger charge is 2.10. The summed E-state index contributed by atoms with van der Waals surface area (Å²) >= 11 is 0. The van der Waals surface area contributed by atoms with Crippen molar-refractivity contribution in [1.82, 2.24) is 0 Å². The van der Waals surface area contributed by atoms with E-state index in [1.165, 1.54) is 16.7 Å². The van der Waals surface area contributed by atoms with Crippen molar-refractivity contribution in [2.45, 2.75) is 39.0 Å². The molecule has 0 saturated heterocycles. The van der Waals surface area contributed by atoms with Crippen LogP contribution in [0.4, 0.5) is 0 Å². The lowest BCUT2D eigenvalue weighted by Crippen LogP contribution is -2.15. The first-order chi connectivity index (χ1) is 10.8. The maximum atomic E-state index is 5.99. The predicted molar refractivity (Wildman–Crippen MR) is 93.5 cm³/mol. The number of nitrogens with two attached hydrogens (primary N) is 1. The Labute approximate surface area is 134 Å². The normalized spacial score (nSPS) is 12.1. The van der Waals surface area contributed by atoms with Crippen molar-refractivity contribution in [2.24, 2.45) is 5.73 Å². The average Bonchev–Trinajstić information content (AvgIpc) is 2.59. The van der Waals surface area contributed by atoms with Crippen LogP contribution in [-0.2, 0) is 12.8 Å². The van der Waals surface area contributed by atoms with E-state index >= 15 is 0 Å². The largest absolute Gasteiger partial charge is 0.494 e. The van der Waals surface area contributed by atoms with Crippen LogP contribution in [0.25, 0.3) is 0 Å². The van der Waals surface area contributed by atoms with Gasteiger partial charge in [-0.3, -0.25) is 0 Å². The summed E-state index contributed by atoms with van der Waals surface area (Å²) in [5.74, 6) is 1.32. The van der Waals surface area contributed by atoms with Crippen molar-refractivity contribution in [1.29, 1.82) is 0 Å². The van der Waals surface area contributed by atoms with Crippen LogP contribution in [0.15, 0.2) is 48.5 Å². The summed E-state index contributed by atoms with van der Waals surface area (Å²) in [5.41, 5.74) is 10.00. The van der Waals surface area contributed by atoms with E-state index in [1.807, 2.05) is 0 Å². The molecule has 2 rings (SSSR count). The molecule has 0 saturated carbocycles. The molecule has 2 heteroatoms. The zero-order chi connectivity index (χ0) is 15.8. The Morgan fingerprint density at radius 3 is 2.09 bits per heavy atom. The monoisotopic (exact) mass is 297 g/mol. The molecule has 0 radical (unpaired) electrons. The summed E-state index contributed by atoms with van der Waals surface area (Å²) in [4.78, 5) is 0. The highest BCUT2D eigenvalue weighted by Crippen LogP contribution is 2.22. The molecular formula is C20H27NO. The molecule has 2 nitrogen and oxygen atoms in total. The predicted octanol–water partition coefficient (Wildman–Crippen LogP) is 4.32. The van der Waals surface area contributed by atoms with Gasteiger partial charge >= 0.3 is 0 Å². The minimum atomic E-state index is 0.369. The summed E-state index contributed by atoms with van der Waals surface area (Å²) in [6.45, 7) is 5.73. The van der Waals surface area contributed by atoms with Gasteiger partial charge in [0, 0.05) is 5.92 Å². The Bertz CT molecular complexity index is 545. The molecule has 0 bridgehead atoms. The molecule has 0 aromatic heterocycles. The Morgan fingerprint density at radius 2 is 1.55 bits per heavy atom. The van der Waals surface area contributed by atoms with Crippen molar-refractivity contribution in [2.75, 3.05) is 13.2 Å². The third kappa shape index (κ3) is 4.60. The topological polar surface area (TPSA) is 35.2 Å². The summed E-state index contributed by atoms with van der Waals surface area (Å²) in [5, 5.41) is 0. The fourth-order valence-electron chi connectivity index (χ4n) is 2.59. The van der Waals surface area contributed by atoms with Crippen molar-refractivity contribution in [3.05, 3.63) is 65.2 Å². The Hall–Kier alpha value is -1.80. The lowest BCUT2D eigenvalue weighted by molar-refractivity contribution is 0.317. The second-order valence-electron chi connectivity index (χ2n) is 5.72. The van der Waals surface area contributed by atoms with Gasteiger partial charge < -0.3 is 10.5 Å². The first kappa shape index (κ1) is 16.6. The van der Waals surface area contributed by atoms with Gasteiger partial charge in [-0.15, -0.1) is 0 Å². The van der Waals surface area contributed by atoms with Gasteiger partial charge in [0.2, 0.25) is 0 Å². The molecule has 0 aliphatic carbocycles. The molecule has 1 atom stereocenters. The van der Waals surface area contributed by atoms with E-state index in [2.05, 4.69) is 62.4 Å². The van der Waals surface area contributed by atoms with Crippen LogP contribution >= 0.6 is 0 Å². The van der Waals surface area contributed by atoms with Gasteiger partial charge in [0.1, 0.15) is 5.75 Å². The maximum absolute atomic E-state index is 5.99. The van der Waals surface area contributed by atoms with Crippen LogP contribution in [-0.4, -0.2) is 13.2 Å². The molecule has 0 heterocycles. The molecule has 0 spiro atoms.